The van der Waals surface area contributed by atoms with Gasteiger partial charge in [0.05, 0.1) is 6.04 Å². The van der Waals surface area contributed by atoms with E-state index >= 15 is 0 Å². The zero-order chi connectivity index (χ0) is 8.27. The van der Waals surface area contributed by atoms with Crippen molar-refractivity contribution in [2.24, 2.45) is 5.73 Å². The standard InChI is InChI=1S/C10H11N/c1-3-10(11)9-6-4-5-8(2)7-9/h1,4-7,10H,11H2,2H3. The van der Waals surface area contributed by atoms with Gasteiger partial charge in [-0.15, -0.1) is 6.42 Å². The largest absolute Gasteiger partial charge is 0.314 e. The molecule has 1 nitrogen and oxygen atoms in total. The zero-order valence-corrected chi connectivity index (χ0v) is 6.54. The molecule has 0 bridgehead atoms. The van der Waals surface area contributed by atoms with Crippen LogP contribution in [0.3, 0.4) is 0 Å². The smallest absolute Gasteiger partial charge is 0.0918 e. The second-order valence-corrected chi connectivity index (χ2v) is 2.56. The van der Waals surface area contributed by atoms with Crippen molar-refractivity contribution in [3.05, 3.63) is 35.4 Å². The van der Waals surface area contributed by atoms with E-state index in [0.717, 1.165) is 5.56 Å². The summed E-state index contributed by atoms with van der Waals surface area (Å²) in [5, 5.41) is 0. The van der Waals surface area contributed by atoms with E-state index in [1.165, 1.54) is 5.56 Å². The molecule has 1 rings (SSSR count). The van der Waals surface area contributed by atoms with Crippen molar-refractivity contribution in [1.29, 1.82) is 0 Å². The minimum atomic E-state index is -0.269. The molecule has 1 aromatic carbocycles. The molecule has 0 heterocycles. The van der Waals surface area contributed by atoms with Crippen LogP contribution < -0.4 is 5.73 Å². The van der Waals surface area contributed by atoms with Crippen LogP contribution in [-0.2, 0) is 0 Å². The summed E-state index contributed by atoms with van der Waals surface area (Å²) in [5.74, 6) is 2.49. The Morgan fingerprint density at radius 2 is 2.27 bits per heavy atom. The lowest BCUT2D eigenvalue weighted by Gasteiger charge is -2.04. The number of hydrogen-bond acceptors (Lipinski definition) is 1. The number of aryl methyl sites for hydroxylation is 1. The van der Waals surface area contributed by atoms with Gasteiger partial charge in [-0.25, -0.2) is 0 Å². The molecule has 0 aliphatic carbocycles. The molecular formula is C10H11N. The molecule has 0 saturated carbocycles. The van der Waals surface area contributed by atoms with Crippen LogP contribution in [0, 0.1) is 19.3 Å². The molecule has 2 N–H and O–H groups in total. The molecule has 1 atom stereocenters. The maximum Gasteiger partial charge on any atom is 0.0918 e. The van der Waals surface area contributed by atoms with Gasteiger partial charge in [-0.1, -0.05) is 35.7 Å². The quantitative estimate of drug-likeness (QED) is 0.597. The Bertz CT molecular complexity index is 283. The lowest BCUT2D eigenvalue weighted by molar-refractivity contribution is 0.944. The lowest BCUT2D eigenvalue weighted by Crippen LogP contribution is -2.06. The highest BCUT2D eigenvalue weighted by atomic mass is 14.6. The average molecular weight is 145 g/mol. The molecule has 11 heavy (non-hydrogen) atoms. The monoisotopic (exact) mass is 145 g/mol. The Hall–Kier alpha value is -1.26. The van der Waals surface area contributed by atoms with Crippen molar-refractivity contribution < 1.29 is 0 Å². The first-order chi connectivity index (χ1) is 5.24. The lowest BCUT2D eigenvalue weighted by atomic mass is 10.1. The topological polar surface area (TPSA) is 26.0 Å². The molecule has 56 valence electrons. The van der Waals surface area contributed by atoms with E-state index in [1.54, 1.807) is 0 Å². The molecule has 0 fully saturated rings. The number of hydrogen-bond donors (Lipinski definition) is 1. The van der Waals surface area contributed by atoms with Gasteiger partial charge in [0.1, 0.15) is 0 Å². The van der Waals surface area contributed by atoms with Gasteiger partial charge in [-0.3, -0.25) is 0 Å². The molecule has 0 aliphatic rings. The van der Waals surface area contributed by atoms with Gasteiger partial charge in [0, 0.05) is 0 Å². The van der Waals surface area contributed by atoms with Crippen LogP contribution in [0.4, 0.5) is 0 Å². The Morgan fingerprint density at radius 1 is 1.55 bits per heavy atom. The Morgan fingerprint density at radius 3 is 2.82 bits per heavy atom. The summed E-state index contributed by atoms with van der Waals surface area (Å²) in [7, 11) is 0. The Balaban J connectivity index is 2.98. The number of rotatable bonds is 1. The summed E-state index contributed by atoms with van der Waals surface area (Å²) in [6.07, 6.45) is 5.18. The third-order valence-corrected chi connectivity index (χ3v) is 1.58. The second kappa shape index (κ2) is 3.23. The number of benzene rings is 1. The van der Waals surface area contributed by atoms with E-state index in [-0.39, 0.29) is 6.04 Å². The maximum absolute atomic E-state index is 5.63. The van der Waals surface area contributed by atoms with Crippen LogP contribution in [0.25, 0.3) is 0 Å². The van der Waals surface area contributed by atoms with Crippen LogP contribution in [-0.4, -0.2) is 0 Å². The molecule has 0 aromatic heterocycles. The molecule has 1 aromatic rings. The molecule has 0 radical (unpaired) electrons. The maximum atomic E-state index is 5.63. The second-order valence-electron chi connectivity index (χ2n) is 2.56. The molecular weight excluding hydrogens is 134 g/mol. The van der Waals surface area contributed by atoms with E-state index in [0.29, 0.717) is 0 Å². The molecule has 0 amide bonds. The van der Waals surface area contributed by atoms with E-state index in [9.17, 15) is 0 Å². The normalized spacial score (nSPS) is 12.1. The van der Waals surface area contributed by atoms with Crippen molar-refractivity contribution >= 4 is 0 Å². The van der Waals surface area contributed by atoms with Gasteiger partial charge in [0.25, 0.3) is 0 Å². The van der Waals surface area contributed by atoms with Crippen LogP contribution in [0.1, 0.15) is 17.2 Å². The summed E-state index contributed by atoms with van der Waals surface area (Å²) >= 11 is 0. The third kappa shape index (κ3) is 1.83. The number of nitrogens with two attached hydrogens (primary N) is 1. The molecule has 0 aliphatic heterocycles. The summed E-state index contributed by atoms with van der Waals surface area (Å²) in [4.78, 5) is 0. The molecule has 1 unspecified atom stereocenters. The summed E-state index contributed by atoms with van der Waals surface area (Å²) in [6, 6.07) is 7.66. The van der Waals surface area contributed by atoms with Crippen LogP contribution in [0.5, 0.6) is 0 Å². The van der Waals surface area contributed by atoms with Crippen molar-refractivity contribution in [2.75, 3.05) is 0 Å². The minimum Gasteiger partial charge on any atom is -0.314 e. The first kappa shape index (κ1) is 7.84. The van der Waals surface area contributed by atoms with Gasteiger partial charge in [-0.05, 0) is 12.5 Å². The first-order valence-electron chi connectivity index (χ1n) is 3.52. The molecule has 0 spiro atoms. The number of terminal acetylenes is 1. The third-order valence-electron chi connectivity index (χ3n) is 1.58. The Kier molecular flexibility index (Phi) is 2.30. The SMILES string of the molecule is C#CC(N)c1cccc(C)c1. The first-order valence-corrected chi connectivity index (χ1v) is 3.52. The predicted octanol–water partition coefficient (Wildman–Crippen LogP) is 1.63. The van der Waals surface area contributed by atoms with Crippen molar-refractivity contribution in [2.45, 2.75) is 13.0 Å². The molecule has 0 saturated heterocycles. The van der Waals surface area contributed by atoms with Gasteiger partial charge in [0.2, 0.25) is 0 Å². The Labute approximate surface area is 67.2 Å². The van der Waals surface area contributed by atoms with E-state index < -0.39 is 0 Å². The average Bonchev–Trinajstić information content (AvgIpc) is 2.03. The van der Waals surface area contributed by atoms with Gasteiger partial charge < -0.3 is 5.73 Å². The van der Waals surface area contributed by atoms with E-state index in [1.807, 2.05) is 31.2 Å². The molecule has 1 heteroatoms. The van der Waals surface area contributed by atoms with Crippen LogP contribution >= 0.6 is 0 Å². The van der Waals surface area contributed by atoms with E-state index in [4.69, 9.17) is 12.2 Å². The summed E-state index contributed by atoms with van der Waals surface area (Å²) in [5.41, 5.74) is 7.82. The van der Waals surface area contributed by atoms with E-state index in [2.05, 4.69) is 5.92 Å². The highest BCUT2D eigenvalue weighted by Crippen LogP contribution is 2.10. The fourth-order valence-corrected chi connectivity index (χ4v) is 0.960. The summed E-state index contributed by atoms with van der Waals surface area (Å²) in [6.45, 7) is 2.02. The van der Waals surface area contributed by atoms with Gasteiger partial charge >= 0.3 is 0 Å². The van der Waals surface area contributed by atoms with Gasteiger partial charge in [-0.2, -0.15) is 0 Å². The van der Waals surface area contributed by atoms with Crippen LogP contribution in [0.2, 0.25) is 0 Å². The minimum absolute atomic E-state index is 0.269. The van der Waals surface area contributed by atoms with Crippen molar-refractivity contribution in [3.8, 4) is 12.3 Å². The zero-order valence-electron chi connectivity index (χ0n) is 6.54. The van der Waals surface area contributed by atoms with Crippen molar-refractivity contribution in [3.63, 3.8) is 0 Å². The summed E-state index contributed by atoms with van der Waals surface area (Å²) < 4.78 is 0. The highest BCUT2D eigenvalue weighted by molar-refractivity contribution is 5.28. The highest BCUT2D eigenvalue weighted by Gasteiger charge is 1.99. The van der Waals surface area contributed by atoms with Crippen LogP contribution in [0.15, 0.2) is 24.3 Å². The fourth-order valence-electron chi connectivity index (χ4n) is 0.960. The fraction of sp³-hybridized carbons (Fsp3) is 0.200. The van der Waals surface area contributed by atoms with Gasteiger partial charge in [0.15, 0.2) is 0 Å². The predicted molar refractivity (Wildman–Crippen MR) is 46.9 cm³/mol. The van der Waals surface area contributed by atoms with Crippen molar-refractivity contribution in [1.82, 2.24) is 0 Å².